The van der Waals surface area contributed by atoms with Gasteiger partial charge in [-0.1, -0.05) is 40.0 Å². The molecule has 0 spiro atoms. The molecule has 21 heavy (non-hydrogen) atoms. The fourth-order valence-electron chi connectivity index (χ4n) is 2.48. The molecule has 1 rings (SSSR count). The Morgan fingerprint density at radius 2 is 1.76 bits per heavy atom. The zero-order valence-corrected chi connectivity index (χ0v) is 14.4. The summed E-state index contributed by atoms with van der Waals surface area (Å²) in [5.74, 6) is 2.76. The minimum absolute atomic E-state index is 0.448. The normalized spacial score (nSPS) is 12.5. The summed E-state index contributed by atoms with van der Waals surface area (Å²) >= 11 is 0. The molecular weight excluding hydrogens is 260 g/mol. The molecule has 4 nitrogen and oxygen atoms in total. The van der Waals surface area contributed by atoms with E-state index in [-0.39, 0.29) is 0 Å². The predicted molar refractivity (Wildman–Crippen MR) is 92.0 cm³/mol. The lowest BCUT2D eigenvalue weighted by Gasteiger charge is -2.19. The fourth-order valence-corrected chi connectivity index (χ4v) is 2.48. The molecule has 0 saturated carbocycles. The first-order valence-corrected chi connectivity index (χ1v) is 8.42. The standard InChI is InChI=1S/C17H32N4/c1-6-9-15-16(18-7-2)19-12-20-17(15)21-14(5)11-8-10-13(3)4/h12-14H,6-11H2,1-5H3,(H2,18,19,20,21). The van der Waals surface area contributed by atoms with Gasteiger partial charge in [0.05, 0.1) is 0 Å². The molecular formula is C17H32N4. The van der Waals surface area contributed by atoms with E-state index in [1.54, 1.807) is 6.33 Å². The summed E-state index contributed by atoms with van der Waals surface area (Å²) in [7, 11) is 0. The number of rotatable bonds is 10. The van der Waals surface area contributed by atoms with Crippen LogP contribution in [0.25, 0.3) is 0 Å². The van der Waals surface area contributed by atoms with Gasteiger partial charge in [-0.2, -0.15) is 0 Å². The second-order valence-electron chi connectivity index (χ2n) is 6.20. The first kappa shape index (κ1) is 17.7. The fraction of sp³-hybridized carbons (Fsp3) is 0.765. The Hall–Kier alpha value is -1.32. The molecule has 0 fully saturated rings. The lowest BCUT2D eigenvalue weighted by Crippen LogP contribution is -2.18. The molecule has 1 heterocycles. The number of anilines is 2. The lowest BCUT2D eigenvalue weighted by atomic mass is 10.0. The maximum Gasteiger partial charge on any atom is 0.134 e. The van der Waals surface area contributed by atoms with E-state index in [4.69, 9.17) is 0 Å². The van der Waals surface area contributed by atoms with Crippen LogP contribution in [0.4, 0.5) is 11.6 Å². The van der Waals surface area contributed by atoms with Crippen molar-refractivity contribution < 1.29 is 0 Å². The zero-order valence-electron chi connectivity index (χ0n) is 14.4. The van der Waals surface area contributed by atoms with Crippen molar-refractivity contribution in [2.24, 2.45) is 5.92 Å². The van der Waals surface area contributed by atoms with Crippen LogP contribution in [0.2, 0.25) is 0 Å². The highest BCUT2D eigenvalue weighted by molar-refractivity contribution is 5.57. The van der Waals surface area contributed by atoms with Crippen LogP contribution in [-0.2, 0) is 6.42 Å². The van der Waals surface area contributed by atoms with Crippen molar-refractivity contribution >= 4 is 11.6 Å². The van der Waals surface area contributed by atoms with Crippen LogP contribution >= 0.6 is 0 Å². The zero-order chi connectivity index (χ0) is 15.7. The van der Waals surface area contributed by atoms with Crippen molar-refractivity contribution in [1.82, 2.24) is 9.97 Å². The van der Waals surface area contributed by atoms with E-state index in [0.717, 1.165) is 36.9 Å². The van der Waals surface area contributed by atoms with Crippen LogP contribution in [0.3, 0.4) is 0 Å². The minimum Gasteiger partial charge on any atom is -0.370 e. The third-order valence-corrected chi connectivity index (χ3v) is 3.59. The van der Waals surface area contributed by atoms with Crippen LogP contribution in [0.15, 0.2) is 6.33 Å². The number of hydrogen-bond acceptors (Lipinski definition) is 4. The topological polar surface area (TPSA) is 49.8 Å². The number of hydrogen-bond donors (Lipinski definition) is 2. The van der Waals surface area contributed by atoms with Crippen molar-refractivity contribution in [3.8, 4) is 0 Å². The highest BCUT2D eigenvalue weighted by Gasteiger charge is 2.12. The Balaban J connectivity index is 2.69. The maximum absolute atomic E-state index is 4.46. The highest BCUT2D eigenvalue weighted by atomic mass is 15.1. The molecule has 2 N–H and O–H groups in total. The highest BCUT2D eigenvalue weighted by Crippen LogP contribution is 2.23. The molecule has 0 radical (unpaired) electrons. The van der Waals surface area contributed by atoms with Gasteiger partial charge < -0.3 is 10.6 Å². The van der Waals surface area contributed by atoms with Gasteiger partial charge in [-0.25, -0.2) is 9.97 Å². The number of nitrogens with zero attached hydrogens (tertiary/aromatic N) is 2. The molecule has 0 saturated heterocycles. The van der Waals surface area contributed by atoms with E-state index >= 15 is 0 Å². The molecule has 0 aliphatic carbocycles. The Labute approximate surface area is 130 Å². The summed E-state index contributed by atoms with van der Waals surface area (Å²) in [6.45, 7) is 12.0. The van der Waals surface area contributed by atoms with Crippen LogP contribution in [-0.4, -0.2) is 22.6 Å². The Kier molecular flexibility index (Phi) is 8.09. The van der Waals surface area contributed by atoms with Crippen molar-refractivity contribution in [2.75, 3.05) is 17.2 Å². The van der Waals surface area contributed by atoms with Gasteiger partial charge in [-0.3, -0.25) is 0 Å². The van der Waals surface area contributed by atoms with Crippen LogP contribution in [0.1, 0.15) is 65.9 Å². The van der Waals surface area contributed by atoms with E-state index in [2.05, 4.69) is 55.2 Å². The van der Waals surface area contributed by atoms with Crippen LogP contribution in [0, 0.1) is 5.92 Å². The van der Waals surface area contributed by atoms with Crippen LogP contribution in [0.5, 0.6) is 0 Å². The Morgan fingerprint density at radius 3 is 2.38 bits per heavy atom. The quantitative estimate of drug-likeness (QED) is 0.667. The van der Waals surface area contributed by atoms with Crippen LogP contribution < -0.4 is 10.6 Å². The molecule has 1 aromatic heterocycles. The van der Waals surface area contributed by atoms with Gasteiger partial charge in [0.15, 0.2) is 0 Å². The largest absolute Gasteiger partial charge is 0.370 e. The second kappa shape index (κ2) is 9.59. The monoisotopic (exact) mass is 292 g/mol. The summed E-state index contributed by atoms with van der Waals surface area (Å²) in [6.07, 6.45) is 7.50. The van der Waals surface area contributed by atoms with Crippen molar-refractivity contribution in [1.29, 1.82) is 0 Å². The smallest absolute Gasteiger partial charge is 0.134 e. The molecule has 1 aromatic rings. The molecule has 1 atom stereocenters. The van der Waals surface area contributed by atoms with Crippen molar-refractivity contribution in [3.63, 3.8) is 0 Å². The average Bonchev–Trinajstić information content (AvgIpc) is 2.42. The molecule has 1 unspecified atom stereocenters. The van der Waals surface area contributed by atoms with Gasteiger partial charge in [0.2, 0.25) is 0 Å². The van der Waals surface area contributed by atoms with Gasteiger partial charge in [0, 0.05) is 18.2 Å². The summed E-state index contributed by atoms with van der Waals surface area (Å²) in [5.41, 5.74) is 1.22. The maximum atomic E-state index is 4.46. The predicted octanol–water partition coefficient (Wildman–Crippen LogP) is 4.49. The molecule has 0 bridgehead atoms. The van der Waals surface area contributed by atoms with Gasteiger partial charge in [-0.15, -0.1) is 0 Å². The van der Waals surface area contributed by atoms with E-state index in [1.165, 1.54) is 24.8 Å². The SMILES string of the molecule is CCCc1c(NCC)ncnc1NC(C)CCCC(C)C. The number of aromatic nitrogens is 2. The second-order valence-corrected chi connectivity index (χ2v) is 6.20. The minimum atomic E-state index is 0.448. The van der Waals surface area contributed by atoms with Gasteiger partial charge in [-0.05, 0) is 32.6 Å². The summed E-state index contributed by atoms with van der Waals surface area (Å²) < 4.78 is 0. The first-order chi connectivity index (χ1) is 10.1. The summed E-state index contributed by atoms with van der Waals surface area (Å²) in [4.78, 5) is 8.84. The van der Waals surface area contributed by atoms with Crippen molar-refractivity contribution in [2.45, 2.75) is 72.8 Å². The molecule has 4 heteroatoms. The Morgan fingerprint density at radius 1 is 1.05 bits per heavy atom. The molecule has 0 aliphatic heterocycles. The summed E-state index contributed by atoms with van der Waals surface area (Å²) in [5, 5.41) is 6.92. The third kappa shape index (κ3) is 6.32. The summed E-state index contributed by atoms with van der Waals surface area (Å²) in [6, 6.07) is 0.448. The lowest BCUT2D eigenvalue weighted by molar-refractivity contribution is 0.519. The molecule has 120 valence electrons. The molecule has 0 amide bonds. The van der Waals surface area contributed by atoms with E-state index in [9.17, 15) is 0 Å². The third-order valence-electron chi connectivity index (χ3n) is 3.59. The van der Waals surface area contributed by atoms with Gasteiger partial charge in [0.1, 0.15) is 18.0 Å². The first-order valence-electron chi connectivity index (χ1n) is 8.42. The van der Waals surface area contributed by atoms with E-state index < -0.39 is 0 Å². The van der Waals surface area contributed by atoms with Crippen molar-refractivity contribution in [3.05, 3.63) is 11.9 Å². The van der Waals surface area contributed by atoms with E-state index in [0.29, 0.717) is 6.04 Å². The Bertz CT molecular complexity index is 404. The molecule has 0 aliphatic rings. The van der Waals surface area contributed by atoms with Gasteiger partial charge >= 0.3 is 0 Å². The number of nitrogens with one attached hydrogen (secondary N) is 2. The van der Waals surface area contributed by atoms with Gasteiger partial charge in [0.25, 0.3) is 0 Å². The average molecular weight is 292 g/mol. The molecule has 0 aromatic carbocycles. The van der Waals surface area contributed by atoms with E-state index in [1.807, 2.05) is 0 Å².